The zero-order chi connectivity index (χ0) is 13.5. The van der Waals surface area contributed by atoms with Gasteiger partial charge in [0.15, 0.2) is 11.5 Å². The van der Waals surface area contributed by atoms with Crippen LogP contribution in [0.1, 0.15) is 19.4 Å². The zero-order valence-electron chi connectivity index (χ0n) is 11.1. The molecule has 0 amide bonds. The minimum atomic E-state index is 0.0391. The topological polar surface area (TPSA) is 44.5 Å². The highest BCUT2D eigenvalue weighted by molar-refractivity contribution is 6.30. The van der Waals surface area contributed by atoms with Gasteiger partial charge in [0.05, 0.1) is 7.11 Å². The summed E-state index contributed by atoms with van der Waals surface area (Å²) in [5.74, 6) is 1.36. The molecule has 0 fully saturated rings. The summed E-state index contributed by atoms with van der Waals surface area (Å²) in [7, 11) is 1.60. The van der Waals surface area contributed by atoms with Crippen molar-refractivity contribution in [3.63, 3.8) is 0 Å². The minimum Gasteiger partial charge on any atom is -0.493 e. The van der Waals surface area contributed by atoms with Crippen LogP contribution in [0.4, 0.5) is 0 Å². The predicted molar refractivity (Wildman–Crippen MR) is 75.7 cm³/mol. The van der Waals surface area contributed by atoms with Crippen molar-refractivity contribution < 1.29 is 9.47 Å². The monoisotopic (exact) mass is 269 g/mol. The maximum atomic E-state index is 6.06. The molecule has 0 bridgehead atoms. The maximum Gasteiger partial charge on any atom is 0.164 e. The van der Waals surface area contributed by atoms with Gasteiger partial charge in [0.25, 0.3) is 0 Å². The molecule has 0 radical (unpaired) electrons. The molecule has 100 valence electrons. The fourth-order valence-electron chi connectivity index (χ4n) is 1.66. The molecule has 1 rings (SSSR count). The lowest BCUT2D eigenvalue weighted by atomic mass is 10.1. The standard InChI is InChI=1S/C14H20ClNO2/c1-4-5-6-18-14-11(7-10(2)16)8-12(15)9-13(14)17-3/h4-5,8-10H,6-7,16H2,1-3H3/b5-4+. The Kier molecular flexibility index (Phi) is 6.02. The zero-order valence-corrected chi connectivity index (χ0v) is 11.8. The lowest BCUT2D eigenvalue weighted by Crippen LogP contribution is -2.18. The van der Waals surface area contributed by atoms with Crippen LogP contribution in [-0.4, -0.2) is 19.8 Å². The molecule has 1 unspecified atom stereocenters. The number of allylic oxidation sites excluding steroid dienone is 1. The summed E-state index contributed by atoms with van der Waals surface area (Å²) in [6.07, 6.45) is 4.57. The highest BCUT2D eigenvalue weighted by Gasteiger charge is 2.13. The lowest BCUT2D eigenvalue weighted by Gasteiger charge is -2.16. The Morgan fingerprint density at radius 3 is 2.72 bits per heavy atom. The number of nitrogens with two attached hydrogens (primary N) is 1. The van der Waals surface area contributed by atoms with Crippen LogP contribution < -0.4 is 15.2 Å². The number of methoxy groups -OCH3 is 1. The van der Waals surface area contributed by atoms with E-state index in [0.29, 0.717) is 23.8 Å². The molecule has 0 saturated heterocycles. The molecule has 1 aromatic carbocycles. The van der Waals surface area contributed by atoms with Crippen molar-refractivity contribution in [2.24, 2.45) is 5.73 Å². The summed E-state index contributed by atoms with van der Waals surface area (Å²) in [6.45, 7) is 4.40. The second-order valence-electron chi connectivity index (χ2n) is 4.16. The van der Waals surface area contributed by atoms with E-state index in [0.717, 1.165) is 11.3 Å². The molecule has 0 saturated carbocycles. The first-order valence-electron chi connectivity index (χ1n) is 5.94. The van der Waals surface area contributed by atoms with E-state index in [1.807, 2.05) is 32.1 Å². The smallest absolute Gasteiger partial charge is 0.164 e. The Labute approximate surface area is 114 Å². The van der Waals surface area contributed by atoms with Gasteiger partial charge < -0.3 is 15.2 Å². The van der Waals surface area contributed by atoms with Gasteiger partial charge >= 0.3 is 0 Å². The maximum absolute atomic E-state index is 6.06. The molecular formula is C14H20ClNO2. The fourth-order valence-corrected chi connectivity index (χ4v) is 1.90. The number of hydrogen-bond acceptors (Lipinski definition) is 3. The lowest BCUT2D eigenvalue weighted by molar-refractivity contribution is 0.322. The summed E-state index contributed by atoms with van der Waals surface area (Å²) in [4.78, 5) is 0. The van der Waals surface area contributed by atoms with E-state index in [-0.39, 0.29) is 6.04 Å². The minimum absolute atomic E-state index is 0.0391. The number of halogens is 1. The van der Waals surface area contributed by atoms with E-state index >= 15 is 0 Å². The number of ether oxygens (including phenoxy) is 2. The van der Waals surface area contributed by atoms with Crippen molar-refractivity contribution >= 4 is 11.6 Å². The largest absolute Gasteiger partial charge is 0.493 e. The van der Waals surface area contributed by atoms with Crippen molar-refractivity contribution in [2.45, 2.75) is 26.3 Å². The Morgan fingerprint density at radius 2 is 2.17 bits per heavy atom. The summed E-state index contributed by atoms with van der Waals surface area (Å²) < 4.78 is 11.0. The van der Waals surface area contributed by atoms with Crippen LogP contribution in [0.25, 0.3) is 0 Å². The molecule has 0 heterocycles. The highest BCUT2D eigenvalue weighted by atomic mass is 35.5. The van der Waals surface area contributed by atoms with Crippen molar-refractivity contribution in [3.8, 4) is 11.5 Å². The molecule has 3 nitrogen and oxygen atoms in total. The van der Waals surface area contributed by atoms with E-state index in [4.69, 9.17) is 26.8 Å². The molecular weight excluding hydrogens is 250 g/mol. The van der Waals surface area contributed by atoms with Crippen LogP contribution in [0.15, 0.2) is 24.3 Å². The van der Waals surface area contributed by atoms with Gasteiger partial charge in [-0.25, -0.2) is 0 Å². The molecule has 1 atom stereocenters. The van der Waals surface area contributed by atoms with E-state index in [1.165, 1.54) is 0 Å². The molecule has 0 aromatic heterocycles. The molecule has 1 aromatic rings. The molecule has 0 aliphatic carbocycles. The average Bonchev–Trinajstić information content (AvgIpc) is 2.30. The second-order valence-corrected chi connectivity index (χ2v) is 4.59. The normalized spacial score (nSPS) is 12.7. The molecule has 18 heavy (non-hydrogen) atoms. The average molecular weight is 270 g/mol. The SMILES string of the molecule is C/C=C/COc1c(CC(C)N)cc(Cl)cc1OC. The Hall–Kier alpha value is -1.19. The summed E-state index contributed by atoms with van der Waals surface area (Å²) >= 11 is 6.06. The summed E-state index contributed by atoms with van der Waals surface area (Å²) in [5.41, 5.74) is 6.81. The van der Waals surface area contributed by atoms with Crippen LogP contribution in [0.3, 0.4) is 0 Å². The number of rotatable bonds is 6. The van der Waals surface area contributed by atoms with Gasteiger partial charge in [-0.2, -0.15) is 0 Å². The first-order valence-corrected chi connectivity index (χ1v) is 6.32. The fraction of sp³-hybridized carbons (Fsp3) is 0.429. The van der Waals surface area contributed by atoms with Crippen LogP contribution in [-0.2, 0) is 6.42 Å². The van der Waals surface area contributed by atoms with Gasteiger partial charge in [0.2, 0.25) is 0 Å². The van der Waals surface area contributed by atoms with E-state index in [1.54, 1.807) is 13.2 Å². The van der Waals surface area contributed by atoms with E-state index in [9.17, 15) is 0 Å². The van der Waals surface area contributed by atoms with Crippen molar-refractivity contribution in [3.05, 3.63) is 34.9 Å². The molecule has 4 heteroatoms. The van der Waals surface area contributed by atoms with E-state index in [2.05, 4.69) is 0 Å². The Bertz CT molecular complexity index is 417. The highest BCUT2D eigenvalue weighted by Crippen LogP contribution is 2.35. The number of benzene rings is 1. The van der Waals surface area contributed by atoms with Crippen molar-refractivity contribution in [1.82, 2.24) is 0 Å². The number of hydrogen-bond donors (Lipinski definition) is 1. The van der Waals surface area contributed by atoms with Crippen LogP contribution in [0.2, 0.25) is 5.02 Å². The third-order valence-electron chi connectivity index (χ3n) is 2.42. The van der Waals surface area contributed by atoms with Crippen LogP contribution in [0.5, 0.6) is 11.5 Å². The van der Waals surface area contributed by atoms with Crippen LogP contribution in [0, 0.1) is 0 Å². The third-order valence-corrected chi connectivity index (χ3v) is 2.64. The Morgan fingerprint density at radius 1 is 1.44 bits per heavy atom. The molecule has 0 aliphatic heterocycles. The quantitative estimate of drug-likeness (QED) is 0.807. The molecule has 0 spiro atoms. The predicted octanol–water partition coefficient (Wildman–Crippen LogP) is 3.19. The van der Waals surface area contributed by atoms with Crippen LogP contribution >= 0.6 is 11.6 Å². The Balaban J connectivity index is 3.06. The molecule has 0 aliphatic rings. The van der Waals surface area contributed by atoms with Gasteiger partial charge in [0, 0.05) is 22.7 Å². The van der Waals surface area contributed by atoms with Gasteiger partial charge in [-0.1, -0.05) is 23.8 Å². The first kappa shape index (κ1) is 14.9. The second kappa shape index (κ2) is 7.29. The molecule has 2 N–H and O–H groups in total. The van der Waals surface area contributed by atoms with Gasteiger partial charge in [0.1, 0.15) is 6.61 Å². The summed E-state index contributed by atoms with van der Waals surface area (Å²) in [5, 5.41) is 0.626. The van der Waals surface area contributed by atoms with Crippen molar-refractivity contribution in [1.29, 1.82) is 0 Å². The van der Waals surface area contributed by atoms with Gasteiger partial charge in [-0.05, 0) is 26.3 Å². The summed E-state index contributed by atoms with van der Waals surface area (Å²) in [6, 6.07) is 3.66. The first-order chi connectivity index (χ1) is 8.58. The van der Waals surface area contributed by atoms with Gasteiger partial charge in [-0.15, -0.1) is 0 Å². The third kappa shape index (κ3) is 4.24. The van der Waals surface area contributed by atoms with Crippen molar-refractivity contribution in [2.75, 3.05) is 13.7 Å². The van der Waals surface area contributed by atoms with E-state index < -0.39 is 0 Å². The van der Waals surface area contributed by atoms with Gasteiger partial charge in [-0.3, -0.25) is 0 Å².